The van der Waals surface area contributed by atoms with Crippen LogP contribution in [0.15, 0.2) is 65.5 Å². The highest BCUT2D eigenvalue weighted by molar-refractivity contribution is 6.33. The largest absolute Gasteiger partial charge is 0.350 e. The first-order valence-corrected chi connectivity index (χ1v) is 9.01. The first-order valence-electron chi connectivity index (χ1n) is 8.63. The van der Waals surface area contributed by atoms with Crippen molar-refractivity contribution in [3.05, 3.63) is 93.1 Å². The van der Waals surface area contributed by atoms with E-state index in [1.807, 2.05) is 0 Å². The molecule has 2 aromatic carbocycles. The van der Waals surface area contributed by atoms with Gasteiger partial charge in [0, 0.05) is 19.2 Å². The van der Waals surface area contributed by atoms with Crippen molar-refractivity contribution in [1.82, 2.24) is 20.4 Å². The van der Waals surface area contributed by atoms with E-state index in [1.165, 1.54) is 36.4 Å². The molecule has 0 unspecified atom stereocenters. The number of nitrogens with zero attached hydrogens (tertiary/aromatic N) is 2. The van der Waals surface area contributed by atoms with Crippen LogP contribution >= 0.6 is 11.6 Å². The molecule has 0 spiro atoms. The van der Waals surface area contributed by atoms with Crippen LogP contribution in [-0.4, -0.2) is 34.7 Å². The molecule has 0 atom stereocenters. The van der Waals surface area contributed by atoms with Crippen LogP contribution in [0.3, 0.4) is 0 Å². The van der Waals surface area contributed by atoms with Crippen LogP contribution in [0.25, 0.3) is 5.69 Å². The number of amides is 2. The van der Waals surface area contributed by atoms with Gasteiger partial charge in [-0.2, -0.15) is 9.78 Å². The predicted molar refractivity (Wildman–Crippen MR) is 106 cm³/mol. The number of carbonyl (C=O) groups excluding carboxylic acids is 2. The van der Waals surface area contributed by atoms with Gasteiger partial charge in [0.25, 0.3) is 17.4 Å². The molecule has 3 rings (SSSR count). The average Bonchev–Trinajstić information content (AvgIpc) is 2.72. The van der Waals surface area contributed by atoms with Crippen molar-refractivity contribution < 1.29 is 14.0 Å². The zero-order valence-corrected chi connectivity index (χ0v) is 15.8. The number of aromatic nitrogens is 2. The molecule has 0 saturated heterocycles. The molecule has 148 valence electrons. The molecule has 3 aromatic rings. The molecule has 2 N–H and O–H groups in total. The highest BCUT2D eigenvalue weighted by Crippen LogP contribution is 2.14. The fourth-order valence-corrected chi connectivity index (χ4v) is 2.70. The number of hydrogen-bond acceptors (Lipinski definition) is 4. The Hall–Kier alpha value is -3.52. The molecule has 0 bridgehead atoms. The first kappa shape index (κ1) is 20.2. The van der Waals surface area contributed by atoms with Gasteiger partial charge >= 0.3 is 0 Å². The monoisotopic (exact) mass is 414 g/mol. The zero-order valence-electron chi connectivity index (χ0n) is 15.1. The van der Waals surface area contributed by atoms with Crippen molar-refractivity contribution in [3.63, 3.8) is 0 Å². The van der Waals surface area contributed by atoms with Gasteiger partial charge in [0.05, 0.1) is 16.3 Å². The molecule has 1 aromatic heterocycles. The molecule has 0 fully saturated rings. The summed E-state index contributed by atoms with van der Waals surface area (Å²) in [6.07, 6.45) is 0. The Labute approximate surface area is 170 Å². The molecule has 0 aliphatic heterocycles. The molecule has 1 heterocycles. The van der Waals surface area contributed by atoms with Crippen molar-refractivity contribution in [2.45, 2.75) is 0 Å². The lowest BCUT2D eigenvalue weighted by molar-refractivity contribution is 0.0924. The molecule has 0 radical (unpaired) electrons. The van der Waals surface area contributed by atoms with E-state index < -0.39 is 17.3 Å². The van der Waals surface area contributed by atoms with E-state index in [0.717, 1.165) is 4.68 Å². The molecule has 7 nitrogen and oxygen atoms in total. The second-order valence-corrected chi connectivity index (χ2v) is 6.34. The zero-order chi connectivity index (χ0) is 20.8. The van der Waals surface area contributed by atoms with E-state index in [4.69, 9.17) is 11.6 Å². The Bertz CT molecular complexity index is 1100. The van der Waals surface area contributed by atoms with Gasteiger partial charge in [0.2, 0.25) is 0 Å². The summed E-state index contributed by atoms with van der Waals surface area (Å²) in [5.41, 5.74) is 0.220. The number of hydrogen-bond donors (Lipinski definition) is 2. The lowest BCUT2D eigenvalue weighted by Gasteiger charge is -2.09. The number of rotatable bonds is 6. The van der Waals surface area contributed by atoms with Crippen molar-refractivity contribution >= 4 is 23.4 Å². The number of benzene rings is 2. The molecule has 2 amide bonds. The van der Waals surface area contributed by atoms with Crippen LogP contribution in [0.4, 0.5) is 4.39 Å². The summed E-state index contributed by atoms with van der Waals surface area (Å²) >= 11 is 5.96. The Kier molecular flexibility index (Phi) is 6.36. The molecular formula is C20H16ClFN4O3. The summed E-state index contributed by atoms with van der Waals surface area (Å²) in [7, 11) is 0. The van der Waals surface area contributed by atoms with E-state index in [9.17, 15) is 18.8 Å². The number of carbonyl (C=O) groups is 2. The Morgan fingerprint density at radius 1 is 0.931 bits per heavy atom. The van der Waals surface area contributed by atoms with Gasteiger partial charge in [0.1, 0.15) is 11.5 Å². The maximum atomic E-state index is 13.1. The molecular weight excluding hydrogens is 399 g/mol. The average molecular weight is 415 g/mol. The minimum atomic E-state index is -0.521. The lowest BCUT2D eigenvalue weighted by atomic mass is 10.2. The summed E-state index contributed by atoms with van der Waals surface area (Å²) in [6, 6.07) is 14.3. The van der Waals surface area contributed by atoms with Crippen LogP contribution in [0, 0.1) is 5.82 Å². The Balaban J connectivity index is 1.59. The third-order valence-electron chi connectivity index (χ3n) is 3.92. The van der Waals surface area contributed by atoms with Crippen molar-refractivity contribution in [3.8, 4) is 5.69 Å². The van der Waals surface area contributed by atoms with Crippen LogP contribution in [0.5, 0.6) is 0 Å². The van der Waals surface area contributed by atoms with Gasteiger partial charge < -0.3 is 10.6 Å². The summed E-state index contributed by atoms with van der Waals surface area (Å²) < 4.78 is 14.1. The van der Waals surface area contributed by atoms with E-state index in [2.05, 4.69) is 15.7 Å². The standard InChI is InChI=1S/C20H16ClFN4O3/c21-16-4-2-1-3-15(16)19(28)23-11-12-24-20(29)17-9-10-18(27)26(25-17)14-7-5-13(22)6-8-14/h1-10H,11-12H2,(H,23,28)(H,24,29). The smallest absolute Gasteiger partial charge is 0.271 e. The third kappa shape index (κ3) is 5.05. The molecule has 0 saturated carbocycles. The molecule has 9 heteroatoms. The van der Waals surface area contributed by atoms with Gasteiger partial charge in [-0.25, -0.2) is 4.39 Å². The van der Waals surface area contributed by atoms with Gasteiger partial charge in [0.15, 0.2) is 0 Å². The fraction of sp³-hybridized carbons (Fsp3) is 0.100. The second kappa shape index (κ2) is 9.11. The summed E-state index contributed by atoms with van der Waals surface area (Å²) in [5.74, 6) is -1.32. The summed E-state index contributed by atoms with van der Waals surface area (Å²) in [6.45, 7) is 0.319. The van der Waals surface area contributed by atoms with Crippen LogP contribution in [-0.2, 0) is 0 Å². The van der Waals surface area contributed by atoms with Crippen LogP contribution in [0.1, 0.15) is 20.8 Å². The lowest BCUT2D eigenvalue weighted by Crippen LogP contribution is -2.36. The van der Waals surface area contributed by atoms with Crippen LogP contribution in [0.2, 0.25) is 5.02 Å². The van der Waals surface area contributed by atoms with E-state index in [-0.39, 0.29) is 24.7 Å². The quantitative estimate of drug-likeness (QED) is 0.605. The van der Waals surface area contributed by atoms with E-state index in [0.29, 0.717) is 16.3 Å². The highest BCUT2D eigenvalue weighted by Gasteiger charge is 2.12. The second-order valence-electron chi connectivity index (χ2n) is 5.94. The Morgan fingerprint density at radius 3 is 2.28 bits per heavy atom. The Morgan fingerprint density at radius 2 is 1.59 bits per heavy atom. The van der Waals surface area contributed by atoms with Gasteiger partial charge in [-0.05, 0) is 42.5 Å². The van der Waals surface area contributed by atoms with Crippen LogP contribution < -0.4 is 16.2 Å². The van der Waals surface area contributed by atoms with Gasteiger partial charge in [-0.15, -0.1) is 0 Å². The maximum Gasteiger partial charge on any atom is 0.271 e. The molecule has 29 heavy (non-hydrogen) atoms. The highest BCUT2D eigenvalue weighted by atomic mass is 35.5. The molecule has 0 aliphatic rings. The number of nitrogens with one attached hydrogen (secondary N) is 2. The maximum absolute atomic E-state index is 13.1. The van der Waals surface area contributed by atoms with Crippen molar-refractivity contribution in [1.29, 1.82) is 0 Å². The molecule has 0 aliphatic carbocycles. The van der Waals surface area contributed by atoms with Crippen molar-refractivity contribution in [2.75, 3.05) is 13.1 Å². The summed E-state index contributed by atoms with van der Waals surface area (Å²) in [4.78, 5) is 36.3. The fourth-order valence-electron chi connectivity index (χ4n) is 2.48. The first-order chi connectivity index (χ1) is 14.0. The number of halogens is 2. The predicted octanol–water partition coefficient (Wildman–Crippen LogP) is 2.18. The van der Waals surface area contributed by atoms with E-state index in [1.54, 1.807) is 24.3 Å². The minimum Gasteiger partial charge on any atom is -0.350 e. The minimum absolute atomic E-state index is 0.00588. The van der Waals surface area contributed by atoms with Gasteiger partial charge in [-0.3, -0.25) is 14.4 Å². The topological polar surface area (TPSA) is 93.1 Å². The third-order valence-corrected chi connectivity index (χ3v) is 4.25. The van der Waals surface area contributed by atoms with Gasteiger partial charge in [-0.1, -0.05) is 23.7 Å². The normalized spacial score (nSPS) is 10.4. The van der Waals surface area contributed by atoms with E-state index >= 15 is 0 Å². The van der Waals surface area contributed by atoms with Crippen molar-refractivity contribution in [2.24, 2.45) is 0 Å². The SMILES string of the molecule is O=C(NCCNC(=O)c1ccccc1Cl)c1ccc(=O)n(-c2ccc(F)cc2)n1. The summed E-state index contributed by atoms with van der Waals surface area (Å²) in [5, 5.41) is 9.60.